The van der Waals surface area contributed by atoms with E-state index in [-0.39, 0.29) is 5.57 Å². The minimum absolute atomic E-state index is 0.0310. The summed E-state index contributed by atoms with van der Waals surface area (Å²) in [7, 11) is 0. The maximum Gasteiger partial charge on any atom is 0.266 e. The van der Waals surface area contributed by atoms with Crippen LogP contribution in [0.4, 0.5) is 5.69 Å². The van der Waals surface area contributed by atoms with E-state index in [0.29, 0.717) is 36.0 Å². The Kier molecular flexibility index (Phi) is 8.55. The number of amides is 1. The fraction of sp³-hybridized carbons (Fsp3) is 0.0588. The zero-order valence-electron chi connectivity index (χ0n) is 21.5. The highest BCUT2D eigenvalue weighted by Gasteiger charge is 2.14. The quantitative estimate of drug-likeness (QED) is 0.139. The van der Waals surface area contributed by atoms with E-state index in [1.165, 1.54) is 0 Å². The second-order valence-electron chi connectivity index (χ2n) is 9.04. The molecule has 5 aromatic carbocycles. The largest absolute Gasteiger partial charge is 0.489 e. The molecule has 0 atom stereocenters. The monoisotopic (exact) mass is 588 g/mol. The first-order valence-corrected chi connectivity index (χ1v) is 13.5. The number of nitrogens with one attached hydrogen (secondary N) is 1. The van der Waals surface area contributed by atoms with Crippen molar-refractivity contribution >= 4 is 44.4 Å². The van der Waals surface area contributed by atoms with E-state index in [1.807, 2.05) is 91.0 Å². The Balaban J connectivity index is 1.33. The van der Waals surface area contributed by atoms with Crippen LogP contribution >= 0.6 is 15.9 Å². The number of rotatable bonds is 9. The van der Waals surface area contributed by atoms with Gasteiger partial charge in [-0.2, -0.15) is 5.26 Å². The van der Waals surface area contributed by atoms with Gasteiger partial charge in [0, 0.05) is 15.7 Å². The van der Waals surface area contributed by atoms with Crippen LogP contribution in [0.15, 0.2) is 125 Å². The van der Waals surface area contributed by atoms with Crippen LogP contribution in [-0.4, -0.2) is 5.91 Å². The van der Waals surface area contributed by atoms with Gasteiger partial charge in [-0.05, 0) is 70.4 Å². The third-order valence-electron chi connectivity index (χ3n) is 6.25. The molecule has 0 radical (unpaired) electrons. The van der Waals surface area contributed by atoms with Gasteiger partial charge in [-0.15, -0.1) is 0 Å². The standard InChI is InChI=1S/C34H25BrN2O3/c35-28-13-10-25(11-14-28)22-39-30-17-15-29(16-18-30)37-34(38)27(21-36)20-32-31-9-5-4-8-26(31)12-19-33(32)40-23-24-6-2-1-3-7-24/h1-20H,22-23H2,(H,37,38)/b27-20+. The van der Waals surface area contributed by atoms with Crippen molar-refractivity contribution < 1.29 is 14.3 Å². The Morgan fingerprint density at radius 1 is 0.775 bits per heavy atom. The number of carbonyl (C=O) groups is 1. The first-order chi connectivity index (χ1) is 19.6. The van der Waals surface area contributed by atoms with E-state index in [1.54, 1.807) is 30.3 Å². The Labute approximate surface area is 241 Å². The summed E-state index contributed by atoms with van der Waals surface area (Å²) in [6, 6.07) is 38.5. The van der Waals surface area contributed by atoms with Crippen LogP contribution in [0.2, 0.25) is 0 Å². The second-order valence-corrected chi connectivity index (χ2v) is 9.95. The van der Waals surface area contributed by atoms with Gasteiger partial charge in [-0.3, -0.25) is 4.79 Å². The van der Waals surface area contributed by atoms with E-state index in [2.05, 4.69) is 27.3 Å². The number of fused-ring (bicyclic) bond motifs is 1. The molecule has 0 fully saturated rings. The van der Waals surface area contributed by atoms with Crippen molar-refractivity contribution in [2.75, 3.05) is 5.32 Å². The fourth-order valence-corrected chi connectivity index (χ4v) is 4.42. The molecule has 0 saturated carbocycles. The average Bonchev–Trinajstić information content (AvgIpc) is 3.00. The third-order valence-corrected chi connectivity index (χ3v) is 6.78. The van der Waals surface area contributed by atoms with E-state index in [0.717, 1.165) is 26.4 Å². The maximum absolute atomic E-state index is 13.1. The van der Waals surface area contributed by atoms with Crippen molar-refractivity contribution in [1.82, 2.24) is 0 Å². The molecule has 40 heavy (non-hydrogen) atoms. The molecule has 5 nitrogen and oxygen atoms in total. The lowest BCUT2D eigenvalue weighted by Gasteiger charge is -2.13. The van der Waals surface area contributed by atoms with Crippen molar-refractivity contribution in [2.24, 2.45) is 0 Å². The summed E-state index contributed by atoms with van der Waals surface area (Å²) >= 11 is 3.43. The molecule has 5 rings (SSSR count). The summed E-state index contributed by atoms with van der Waals surface area (Å²) in [6.45, 7) is 0.796. The number of benzene rings is 5. The van der Waals surface area contributed by atoms with Gasteiger partial charge in [0.2, 0.25) is 0 Å². The van der Waals surface area contributed by atoms with Gasteiger partial charge in [-0.25, -0.2) is 0 Å². The summed E-state index contributed by atoms with van der Waals surface area (Å²) in [5, 5.41) is 14.6. The summed E-state index contributed by atoms with van der Waals surface area (Å²) in [5.41, 5.74) is 3.27. The molecule has 0 aliphatic heterocycles. The van der Waals surface area contributed by atoms with Crippen LogP contribution in [0.1, 0.15) is 16.7 Å². The highest BCUT2D eigenvalue weighted by atomic mass is 79.9. The minimum Gasteiger partial charge on any atom is -0.489 e. The smallest absolute Gasteiger partial charge is 0.266 e. The second kappa shape index (κ2) is 12.8. The lowest BCUT2D eigenvalue weighted by Crippen LogP contribution is -2.13. The molecule has 1 N–H and O–H groups in total. The highest BCUT2D eigenvalue weighted by molar-refractivity contribution is 9.10. The van der Waals surface area contributed by atoms with Crippen LogP contribution in [0, 0.1) is 11.3 Å². The molecule has 0 aliphatic carbocycles. The maximum atomic E-state index is 13.1. The van der Waals surface area contributed by atoms with Gasteiger partial charge in [0.1, 0.15) is 36.4 Å². The first-order valence-electron chi connectivity index (χ1n) is 12.7. The van der Waals surface area contributed by atoms with Crippen molar-refractivity contribution in [3.05, 3.63) is 142 Å². The molecule has 0 aromatic heterocycles. The number of anilines is 1. The number of hydrogen-bond acceptors (Lipinski definition) is 4. The molecular weight excluding hydrogens is 564 g/mol. The fourth-order valence-electron chi connectivity index (χ4n) is 4.16. The Morgan fingerprint density at radius 3 is 2.20 bits per heavy atom. The van der Waals surface area contributed by atoms with E-state index >= 15 is 0 Å². The van der Waals surface area contributed by atoms with Gasteiger partial charge in [0.15, 0.2) is 0 Å². The van der Waals surface area contributed by atoms with E-state index in [4.69, 9.17) is 9.47 Å². The van der Waals surface area contributed by atoms with Crippen LogP contribution in [0.3, 0.4) is 0 Å². The zero-order chi connectivity index (χ0) is 27.7. The number of carbonyl (C=O) groups excluding carboxylic acids is 1. The molecule has 6 heteroatoms. The molecule has 0 saturated heterocycles. The number of nitrogens with zero attached hydrogens (tertiary/aromatic N) is 1. The third kappa shape index (κ3) is 6.76. The summed E-state index contributed by atoms with van der Waals surface area (Å²) < 4.78 is 13.0. The van der Waals surface area contributed by atoms with E-state index in [9.17, 15) is 10.1 Å². The van der Waals surface area contributed by atoms with Crippen molar-refractivity contribution in [1.29, 1.82) is 5.26 Å². The van der Waals surface area contributed by atoms with Gasteiger partial charge < -0.3 is 14.8 Å². The first kappa shape index (κ1) is 26.7. The minimum atomic E-state index is -0.507. The molecule has 196 valence electrons. The highest BCUT2D eigenvalue weighted by Crippen LogP contribution is 2.31. The summed E-state index contributed by atoms with van der Waals surface area (Å²) in [5.74, 6) is 0.760. The molecule has 0 bridgehead atoms. The van der Waals surface area contributed by atoms with Gasteiger partial charge in [0.25, 0.3) is 5.91 Å². The normalized spacial score (nSPS) is 11.1. The predicted molar refractivity (Wildman–Crippen MR) is 162 cm³/mol. The predicted octanol–water partition coefficient (Wildman–Crippen LogP) is 8.31. The Morgan fingerprint density at radius 2 is 1.45 bits per heavy atom. The number of nitriles is 1. The number of hydrogen-bond donors (Lipinski definition) is 1. The molecular formula is C34H25BrN2O3. The molecule has 0 unspecified atom stereocenters. The summed E-state index contributed by atoms with van der Waals surface area (Å²) in [4.78, 5) is 13.1. The topological polar surface area (TPSA) is 71.3 Å². The van der Waals surface area contributed by atoms with Crippen molar-refractivity contribution in [2.45, 2.75) is 13.2 Å². The zero-order valence-corrected chi connectivity index (χ0v) is 23.1. The Bertz CT molecular complexity index is 1690. The lowest BCUT2D eigenvalue weighted by atomic mass is 10.0. The average molecular weight is 589 g/mol. The van der Waals surface area contributed by atoms with Crippen molar-refractivity contribution in [3.63, 3.8) is 0 Å². The lowest BCUT2D eigenvalue weighted by molar-refractivity contribution is -0.112. The SMILES string of the molecule is N#C/C(=C\c1c(OCc2ccccc2)ccc2ccccc12)C(=O)Nc1ccc(OCc2ccc(Br)cc2)cc1. The molecule has 0 aliphatic rings. The number of ether oxygens (including phenoxy) is 2. The molecule has 0 spiro atoms. The molecule has 0 heterocycles. The van der Waals surface area contributed by atoms with Crippen LogP contribution in [0.5, 0.6) is 11.5 Å². The van der Waals surface area contributed by atoms with Crippen LogP contribution < -0.4 is 14.8 Å². The van der Waals surface area contributed by atoms with E-state index < -0.39 is 5.91 Å². The van der Waals surface area contributed by atoms with Crippen molar-refractivity contribution in [3.8, 4) is 17.6 Å². The molecule has 5 aromatic rings. The Hall–Kier alpha value is -4.86. The molecule has 1 amide bonds. The van der Waals surface area contributed by atoms with Crippen LogP contribution in [-0.2, 0) is 18.0 Å². The van der Waals surface area contributed by atoms with Gasteiger partial charge in [-0.1, -0.05) is 88.7 Å². The summed E-state index contributed by atoms with van der Waals surface area (Å²) in [6.07, 6.45) is 1.59. The van der Waals surface area contributed by atoms with Gasteiger partial charge >= 0.3 is 0 Å². The number of halogens is 1. The van der Waals surface area contributed by atoms with Crippen LogP contribution in [0.25, 0.3) is 16.8 Å². The van der Waals surface area contributed by atoms with Gasteiger partial charge in [0.05, 0.1) is 0 Å².